The first-order valence-electron chi connectivity index (χ1n) is 5.68. The Morgan fingerprint density at radius 2 is 2.00 bits per heavy atom. The smallest absolute Gasteiger partial charge is 0.142 e. The van der Waals surface area contributed by atoms with E-state index < -0.39 is 17.0 Å². The number of rotatable bonds is 3. The fraction of sp³-hybridized carbons (Fsp3) is 0.214. The zero-order chi connectivity index (χ0) is 14.0. The molecule has 1 heterocycles. The van der Waals surface area contributed by atoms with Crippen molar-refractivity contribution < 1.29 is 8.78 Å². The van der Waals surface area contributed by atoms with Crippen molar-refractivity contribution in [2.45, 2.75) is 18.7 Å². The van der Waals surface area contributed by atoms with Crippen molar-refractivity contribution in [2.24, 2.45) is 0 Å². The summed E-state index contributed by atoms with van der Waals surface area (Å²) < 4.78 is 27.1. The quantitative estimate of drug-likeness (QED) is 0.584. The molecule has 100 valence electrons. The molecule has 1 atom stereocenters. The lowest BCUT2D eigenvalue weighted by atomic mass is 10.0. The topological polar surface area (TPSA) is 12.9 Å². The Bertz CT molecular complexity index is 602. The van der Waals surface area contributed by atoms with Crippen molar-refractivity contribution in [2.75, 3.05) is 0 Å². The molecule has 0 saturated carbocycles. The van der Waals surface area contributed by atoms with Gasteiger partial charge in [0.25, 0.3) is 0 Å². The molecule has 1 aromatic heterocycles. The van der Waals surface area contributed by atoms with Gasteiger partial charge in [0.1, 0.15) is 11.6 Å². The Morgan fingerprint density at radius 3 is 2.68 bits per heavy atom. The summed E-state index contributed by atoms with van der Waals surface area (Å²) >= 11 is 11.7. The maximum absolute atomic E-state index is 13.7. The van der Waals surface area contributed by atoms with E-state index in [4.69, 9.17) is 23.2 Å². The van der Waals surface area contributed by atoms with Gasteiger partial charge in [-0.3, -0.25) is 4.98 Å². The zero-order valence-corrected chi connectivity index (χ0v) is 11.6. The van der Waals surface area contributed by atoms with E-state index in [0.29, 0.717) is 6.42 Å². The number of aromatic nitrogens is 1. The molecule has 0 radical (unpaired) electrons. The summed E-state index contributed by atoms with van der Waals surface area (Å²) in [6.45, 7) is 1.89. The van der Waals surface area contributed by atoms with Crippen LogP contribution in [-0.4, -0.2) is 4.98 Å². The van der Waals surface area contributed by atoms with Crippen LogP contribution in [0, 0.1) is 18.6 Å². The molecule has 2 rings (SSSR count). The van der Waals surface area contributed by atoms with Crippen LogP contribution < -0.4 is 0 Å². The number of nitrogens with zero attached hydrogens (tertiary/aromatic N) is 1. The predicted octanol–water partition coefficient (Wildman–Crippen LogP) is 4.84. The van der Waals surface area contributed by atoms with Crippen LogP contribution in [0.5, 0.6) is 0 Å². The number of hydrogen-bond donors (Lipinski definition) is 0. The van der Waals surface area contributed by atoms with Crippen LogP contribution in [-0.2, 0) is 6.42 Å². The van der Waals surface area contributed by atoms with Gasteiger partial charge in [-0.2, -0.15) is 0 Å². The maximum atomic E-state index is 13.7. The SMILES string of the molecule is Cc1cccnc1CC(Cl)c1cc(F)c(Cl)cc1F. The van der Waals surface area contributed by atoms with Crippen LogP contribution >= 0.6 is 23.2 Å². The average Bonchev–Trinajstić information content (AvgIpc) is 2.36. The highest BCUT2D eigenvalue weighted by Crippen LogP contribution is 2.30. The first-order chi connectivity index (χ1) is 8.99. The van der Waals surface area contributed by atoms with E-state index in [1.165, 1.54) is 0 Å². The third-order valence-corrected chi connectivity index (χ3v) is 3.55. The molecule has 0 bridgehead atoms. The van der Waals surface area contributed by atoms with Crippen LogP contribution in [0.1, 0.15) is 22.2 Å². The van der Waals surface area contributed by atoms with Gasteiger partial charge in [0.05, 0.1) is 10.4 Å². The third-order valence-electron chi connectivity index (χ3n) is 2.87. The minimum atomic E-state index is -0.694. The predicted molar refractivity (Wildman–Crippen MR) is 72.6 cm³/mol. The lowest BCUT2D eigenvalue weighted by Gasteiger charge is -2.12. The molecule has 2 aromatic rings. The molecule has 1 aromatic carbocycles. The molecule has 0 spiro atoms. The Hall–Kier alpha value is -1.19. The minimum absolute atomic E-state index is 0.0913. The number of aryl methyl sites for hydroxylation is 1. The third kappa shape index (κ3) is 3.23. The van der Waals surface area contributed by atoms with Gasteiger partial charge in [-0.25, -0.2) is 8.78 Å². The molecular formula is C14H11Cl2F2N. The minimum Gasteiger partial charge on any atom is -0.261 e. The molecule has 1 nitrogen and oxygen atoms in total. The van der Waals surface area contributed by atoms with Crippen LogP contribution in [0.25, 0.3) is 0 Å². The van der Waals surface area contributed by atoms with E-state index in [9.17, 15) is 8.78 Å². The van der Waals surface area contributed by atoms with Crippen molar-refractivity contribution in [3.63, 3.8) is 0 Å². The standard InChI is InChI=1S/C14H11Cl2F2N/c1-8-3-2-4-19-14(8)7-10(15)9-5-13(18)11(16)6-12(9)17/h2-6,10H,7H2,1H3. The number of pyridine rings is 1. The van der Waals surface area contributed by atoms with Crippen LogP contribution in [0.2, 0.25) is 5.02 Å². The molecule has 1 unspecified atom stereocenters. The first-order valence-corrected chi connectivity index (χ1v) is 6.49. The zero-order valence-electron chi connectivity index (χ0n) is 10.1. The Morgan fingerprint density at radius 1 is 1.26 bits per heavy atom. The summed E-state index contributed by atoms with van der Waals surface area (Å²) in [4.78, 5) is 4.19. The highest BCUT2D eigenvalue weighted by molar-refractivity contribution is 6.30. The Kier molecular flexibility index (Phi) is 4.38. The molecule has 0 amide bonds. The van der Waals surface area contributed by atoms with Crippen LogP contribution in [0.3, 0.4) is 0 Å². The summed E-state index contributed by atoms with van der Waals surface area (Å²) in [5, 5.41) is -0.945. The average molecular weight is 302 g/mol. The van der Waals surface area contributed by atoms with Gasteiger partial charge in [-0.15, -0.1) is 11.6 Å². The van der Waals surface area contributed by atoms with Crippen molar-refractivity contribution >= 4 is 23.2 Å². The number of halogens is 4. The van der Waals surface area contributed by atoms with Gasteiger partial charge in [0.15, 0.2) is 0 Å². The van der Waals surface area contributed by atoms with Crippen LogP contribution in [0.4, 0.5) is 8.78 Å². The van der Waals surface area contributed by atoms with Gasteiger partial charge < -0.3 is 0 Å². The van der Waals surface area contributed by atoms with Gasteiger partial charge in [0.2, 0.25) is 0 Å². The second-order valence-corrected chi connectivity index (χ2v) is 5.16. The first kappa shape index (κ1) is 14.2. The lowest BCUT2D eigenvalue weighted by molar-refractivity contribution is 0.581. The monoisotopic (exact) mass is 301 g/mol. The molecular weight excluding hydrogens is 291 g/mol. The van der Waals surface area contributed by atoms with Gasteiger partial charge in [-0.05, 0) is 30.7 Å². The van der Waals surface area contributed by atoms with Gasteiger partial charge in [0, 0.05) is 23.9 Å². The van der Waals surface area contributed by atoms with E-state index >= 15 is 0 Å². The highest BCUT2D eigenvalue weighted by Gasteiger charge is 2.18. The molecule has 0 fully saturated rings. The van der Waals surface area contributed by atoms with E-state index in [1.54, 1.807) is 6.20 Å². The molecule has 0 aliphatic rings. The van der Waals surface area contributed by atoms with E-state index in [2.05, 4.69) is 4.98 Å². The maximum Gasteiger partial charge on any atom is 0.142 e. The van der Waals surface area contributed by atoms with Gasteiger partial charge in [-0.1, -0.05) is 17.7 Å². The molecule has 0 aliphatic heterocycles. The van der Waals surface area contributed by atoms with Crippen molar-refractivity contribution in [1.82, 2.24) is 4.98 Å². The summed E-state index contributed by atoms with van der Waals surface area (Å²) in [5.74, 6) is -1.29. The summed E-state index contributed by atoms with van der Waals surface area (Å²) in [6, 6.07) is 5.68. The van der Waals surface area contributed by atoms with Crippen molar-refractivity contribution in [3.8, 4) is 0 Å². The fourth-order valence-corrected chi connectivity index (χ4v) is 2.25. The second kappa shape index (κ2) is 5.85. The van der Waals surface area contributed by atoms with E-state index in [1.807, 2.05) is 19.1 Å². The molecule has 5 heteroatoms. The lowest BCUT2D eigenvalue weighted by Crippen LogP contribution is -2.03. The Balaban J connectivity index is 2.28. The fourth-order valence-electron chi connectivity index (χ4n) is 1.79. The summed E-state index contributed by atoms with van der Waals surface area (Å²) in [7, 11) is 0. The number of hydrogen-bond acceptors (Lipinski definition) is 1. The van der Waals surface area contributed by atoms with Gasteiger partial charge >= 0.3 is 0 Å². The molecule has 0 aliphatic carbocycles. The van der Waals surface area contributed by atoms with E-state index in [-0.39, 0.29) is 10.6 Å². The van der Waals surface area contributed by atoms with Crippen molar-refractivity contribution in [1.29, 1.82) is 0 Å². The highest BCUT2D eigenvalue weighted by atomic mass is 35.5. The number of benzene rings is 1. The second-order valence-electron chi connectivity index (χ2n) is 4.23. The Labute approximate surface area is 120 Å². The normalized spacial score (nSPS) is 12.5. The number of alkyl halides is 1. The van der Waals surface area contributed by atoms with E-state index in [0.717, 1.165) is 23.4 Å². The van der Waals surface area contributed by atoms with Crippen LogP contribution in [0.15, 0.2) is 30.5 Å². The molecule has 0 saturated heterocycles. The summed E-state index contributed by atoms with van der Waals surface area (Å²) in [6.07, 6.45) is 1.97. The molecule has 0 N–H and O–H groups in total. The summed E-state index contributed by atoms with van der Waals surface area (Å²) in [5.41, 5.74) is 1.81. The largest absolute Gasteiger partial charge is 0.261 e. The van der Waals surface area contributed by atoms with Crippen molar-refractivity contribution in [3.05, 3.63) is 63.9 Å². The molecule has 19 heavy (non-hydrogen) atoms.